The van der Waals surface area contributed by atoms with Crippen LogP contribution in [-0.4, -0.2) is 41.4 Å². The standard InChI is InChI=1S/C13H23NO3/c1-10(2)14(3)9-8-13(12(16)17)6-4-11(15)5-7-13/h10H,4-9H2,1-3H3,(H,16,17). The van der Waals surface area contributed by atoms with Gasteiger partial charge in [-0.25, -0.2) is 0 Å². The van der Waals surface area contributed by atoms with Crippen molar-refractivity contribution in [3.05, 3.63) is 0 Å². The van der Waals surface area contributed by atoms with Crippen molar-refractivity contribution >= 4 is 11.8 Å². The van der Waals surface area contributed by atoms with E-state index in [9.17, 15) is 14.7 Å². The maximum Gasteiger partial charge on any atom is 0.309 e. The summed E-state index contributed by atoms with van der Waals surface area (Å²) in [5, 5.41) is 9.40. The van der Waals surface area contributed by atoms with Crippen LogP contribution in [0, 0.1) is 5.41 Å². The van der Waals surface area contributed by atoms with Crippen molar-refractivity contribution < 1.29 is 14.7 Å². The minimum atomic E-state index is -0.734. The third kappa shape index (κ3) is 3.53. The minimum absolute atomic E-state index is 0.207. The lowest BCUT2D eigenvalue weighted by atomic mass is 9.71. The Morgan fingerprint density at radius 3 is 2.35 bits per heavy atom. The summed E-state index contributed by atoms with van der Waals surface area (Å²) in [5.41, 5.74) is -0.670. The van der Waals surface area contributed by atoms with Crippen LogP contribution in [0.15, 0.2) is 0 Å². The molecule has 0 aromatic carbocycles. The van der Waals surface area contributed by atoms with E-state index in [1.807, 2.05) is 7.05 Å². The summed E-state index contributed by atoms with van der Waals surface area (Å²) < 4.78 is 0. The van der Waals surface area contributed by atoms with Gasteiger partial charge in [0.2, 0.25) is 0 Å². The molecule has 1 rings (SSSR count). The number of aliphatic carboxylic acids is 1. The fourth-order valence-electron chi connectivity index (χ4n) is 2.23. The SMILES string of the molecule is CC(C)N(C)CCC1(C(=O)O)CCC(=O)CC1. The zero-order valence-corrected chi connectivity index (χ0v) is 11.0. The Bertz CT molecular complexity index is 289. The highest BCUT2D eigenvalue weighted by Gasteiger charge is 2.41. The maximum absolute atomic E-state index is 11.4. The molecule has 1 saturated carbocycles. The van der Waals surface area contributed by atoms with Gasteiger partial charge in [0.15, 0.2) is 0 Å². The fraction of sp³-hybridized carbons (Fsp3) is 0.846. The number of hydrogen-bond acceptors (Lipinski definition) is 3. The molecule has 4 heteroatoms. The Hall–Kier alpha value is -0.900. The lowest BCUT2D eigenvalue weighted by molar-refractivity contribution is -0.152. The van der Waals surface area contributed by atoms with Crippen LogP contribution in [0.1, 0.15) is 46.0 Å². The molecule has 0 aromatic heterocycles. The number of carboxylic acids is 1. The first-order valence-corrected chi connectivity index (χ1v) is 6.33. The van der Waals surface area contributed by atoms with Crippen molar-refractivity contribution in [2.24, 2.45) is 5.41 Å². The molecule has 0 heterocycles. The van der Waals surface area contributed by atoms with Crippen LogP contribution in [0.2, 0.25) is 0 Å². The van der Waals surface area contributed by atoms with E-state index < -0.39 is 11.4 Å². The smallest absolute Gasteiger partial charge is 0.309 e. The van der Waals surface area contributed by atoms with Crippen LogP contribution in [-0.2, 0) is 9.59 Å². The number of Topliss-reactive ketones (excluding diaryl/α,β-unsaturated/α-hetero) is 1. The molecule has 1 N–H and O–H groups in total. The van der Waals surface area contributed by atoms with Crippen LogP contribution in [0.4, 0.5) is 0 Å². The average molecular weight is 241 g/mol. The summed E-state index contributed by atoms with van der Waals surface area (Å²) in [7, 11) is 2.01. The molecule has 0 atom stereocenters. The Morgan fingerprint density at radius 2 is 1.94 bits per heavy atom. The first kappa shape index (κ1) is 14.2. The first-order valence-electron chi connectivity index (χ1n) is 6.33. The van der Waals surface area contributed by atoms with Crippen LogP contribution < -0.4 is 0 Å². The van der Waals surface area contributed by atoms with E-state index in [-0.39, 0.29) is 5.78 Å². The van der Waals surface area contributed by atoms with Crippen LogP contribution in [0.5, 0.6) is 0 Å². The molecule has 0 bridgehead atoms. The summed E-state index contributed by atoms with van der Waals surface area (Å²) in [4.78, 5) is 24.8. The zero-order valence-electron chi connectivity index (χ0n) is 11.0. The molecule has 1 fully saturated rings. The number of carbonyl (C=O) groups is 2. The Balaban J connectivity index is 2.60. The quantitative estimate of drug-likeness (QED) is 0.799. The van der Waals surface area contributed by atoms with Crippen molar-refractivity contribution in [3.63, 3.8) is 0 Å². The predicted octanol–water partition coefficient (Wildman–Crippen LogP) is 1.93. The molecule has 4 nitrogen and oxygen atoms in total. The third-order valence-electron chi connectivity index (χ3n) is 4.04. The van der Waals surface area contributed by atoms with Crippen molar-refractivity contribution in [2.45, 2.75) is 52.0 Å². The fourth-order valence-corrected chi connectivity index (χ4v) is 2.23. The molecule has 0 amide bonds. The van der Waals surface area contributed by atoms with Gasteiger partial charge in [-0.1, -0.05) is 0 Å². The number of carbonyl (C=O) groups excluding carboxylic acids is 1. The average Bonchev–Trinajstić information content (AvgIpc) is 2.27. The van der Waals surface area contributed by atoms with Gasteiger partial charge in [0, 0.05) is 18.9 Å². The molecular weight excluding hydrogens is 218 g/mol. The van der Waals surface area contributed by atoms with E-state index in [4.69, 9.17) is 0 Å². The second kappa shape index (κ2) is 5.63. The molecule has 0 aromatic rings. The molecule has 0 saturated heterocycles. The van der Waals surface area contributed by atoms with Crippen molar-refractivity contribution in [1.29, 1.82) is 0 Å². The normalized spacial score (nSPS) is 19.9. The summed E-state index contributed by atoms with van der Waals surface area (Å²) in [5.74, 6) is -0.527. The molecule has 0 radical (unpaired) electrons. The van der Waals surface area contributed by atoms with Gasteiger partial charge < -0.3 is 10.0 Å². The predicted molar refractivity (Wildman–Crippen MR) is 65.9 cm³/mol. The van der Waals surface area contributed by atoms with Crippen LogP contribution >= 0.6 is 0 Å². The van der Waals surface area contributed by atoms with E-state index in [0.29, 0.717) is 38.1 Å². The van der Waals surface area contributed by atoms with E-state index >= 15 is 0 Å². The Labute approximate surface area is 103 Å². The second-order valence-electron chi connectivity index (χ2n) is 5.45. The Kier molecular flexibility index (Phi) is 4.69. The number of rotatable bonds is 5. The molecule has 98 valence electrons. The molecule has 17 heavy (non-hydrogen) atoms. The van der Waals surface area contributed by atoms with Gasteiger partial charge in [-0.15, -0.1) is 0 Å². The van der Waals surface area contributed by atoms with Crippen LogP contribution in [0.25, 0.3) is 0 Å². The molecule has 0 spiro atoms. The Morgan fingerprint density at radius 1 is 1.41 bits per heavy atom. The maximum atomic E-state index is 11.4. The molecular formula is C13H23NO3. The largest absolute Gasteiger partial charge is 0.481 e. The van der Waals surface area contributed by atoms with Crippen molar-refractivity contribution in [1.82, 2.24) is 4.90 Å². The van der Waals surface area contributed by atoms with Gasteiger partial charge in [0.1, 0.15) is 5.78 Å². The lowest BCUT2D eigenvalue weighted by Gasteiger charge is -2.34. The topological polar surface area (TPSA) is 57.6 Å². The van der Waals surface area contributed by atoms with Gasteiger partial charge >= 0.3 is 5.97 Å². The number of hydrogen-bond donors (Lipinski definition) is 1. The van der Waals surface area contributed by atoms with Crippen molar-refractivity contribution in [3.8, 4) is 0 Å². The van der Waals surface area contributed by atoms with Gasteiger partial charge in [-0.05, 0) is 46.7 Å². The second-order valence-corrected chi connectivity index (χ2v) is 5.45. The monoisotopic (exact) mass is 241 g/mol. The lowest BCUT2D eigenvalue weighted by Crippen LogP contribution is -2.39. The summed E-state index contributed by atoms with van der Waals surface area (Å²) in [6.45, 7) is 4.97. The highest BCUT2D eigenvalue weighted by molar-refractivity contribution is 5.83. The van der Waals surface area contributed by atoms with E-state index in [0.717, 1.165) is 6.54 Å². The summed E-state index contributed by atoms with van der Waals surface area (Å²) >= 11 is 0. The molecule has 1 aliphatic carbocycles. The highest BCUT2D eigenvalue weighted by Crippen LogP contribution is 2.38. The highest BCUT2D eigenvalue weighted by atomic mass is 16.4. The number of carboxylic acid groups (broad SMARTS) is 1. The van der Waals surface area contributed by atoms with E-state index in [1.165, 1.54) is 0 Å². The van der Waals surface area contributed by atoms with Gasteiger partial charge in [-0.3, -0.25) is 9.59 Å². The third-order valence-corrected chi connectivity index (χ3v) is 4.04. The van der Waals surface area contributed by atoms with Gasteiger partial charge in [0.25, 0.3) is 0 Å². The number of ketones is 1. The van der Waals surface area contributed by atoms with Crippen LogP contribution in [0.3, 0.4) is 0 Å². The van der Waals surface area contributed by atoms with Gasteiger partial charge in [-0.2, -0.15) is 0 Å². The van der Waals surface area contributed by atoms with Gasteiger partial charge in [0.05, 0.1) is 5.41 Å². The molecule has 0 unspecified atom stereocenters. The molecule has 0 aliphatic heterocycles. The van der Waals surface area contributed by atoms with E-state index in [1.54, 1.807) is 0 Å². The van der Waals surface area contributed by atoms with E-state index in [2.05, 4.69) is 18.7 Å². The summed E-state index contributed by atoms with van der Waals surface area (Å²) in [6.07, 6.45) is 2.51. The first-order chi connectivity index (χ1) is 7.87. The minimum Gasteiger partial charge on any atom is -0.481 e. The number of nitrogens with zero attached hydrogens (tertiary/aromatic N) is 1. The summed E-state index contributed by atoms with van der Waals surface area (Å²) in [6, 6.07) is 0.422. The van der Waals surface area contributed by atoms with Crippen molar-refractivity contribution in [2.75, 3.05) is 13.6 Å². The molecule has 1 aliphatic rings. The zero-order chi connectivity index (χ0) is 13.1.